The summed E-state index contributed by atoms with van der Waals surface area (Å²) in [5.74, 6) is 1.23. The molecule has 3 rings (SSSR count). The van der Waals surface area contributed by atoms with Crippen LogP contribution in [-0.4, -0.2) is 22.2 Å². The number of hydrogen-bond donors (Lipinski definition) is 2. The van der Waals surface area contributed by atoms with Crippen LogP contribution in [0.1, 0.15) is 67.3 Å². The second-order valence-corrected chi connectivity index (χ2v) is 6.94. The van der Waals surface area contributed by atoms with Crippen LogP contribution in [0.15, 0.2) is 4.99 Å². The molecule has 20 heavy (non-hydrogen) atoms. The minimum Gasteiger partial charge on any atom is -0.370 e. The zero-order chi connectivity index (χ0) is 13.8. The number of rotatable bonds is 4. The Morgan fingerprint density at radius 2 is 1.90 bits per heavy atom. The fourth-order valence-corrected chi connectivity index (χ4v) is 3.59. The summed E-state index contributed by atoms with van der Waals surface area (Å²) in [6.45, 7) is 0.552. The number of nitrogens with zero attached hydrogens (tertiary/aromatic N) is 3. The summed E-state index contributed by atoms with van der Waals surface area (Å²) in [5, 5.41) is 13.9. The molecule has 0 amide bonds. The summed E-state index contributed by atoms with van der Waals surface area (Å²) >= 11 is 1.68. The highest BCUT2D eigenvalue weighted by molar-refractivity contribution is 7.11. The van der Waals surface area contributed by atoms with Gasteiger partial charge in [0.05, 0.1) is 6.54 Å². The maximum atomic E-state index is 5.98. The average molecular weight is 293 g/mol. The predicted molar refractivity (Wildman–Crippen MR) is 81.8 cm³/mol. The predicted octanol–water partition coefficient (Wildman–Crippen LogP) is 2.54. The fraction of sp³-hybridized carbons (Fsp3) is 0.786. The zero-order valence-electron chi connectivity index (χ0n) is 11.8. The van der Waals surface area contributed by atoms with Crippen LogP contribution in [0, 0.1) is 0 Å². The van der Waals surface area contributed by atoms with Gasteiger partial charge in [-0.2, -0.15) is 0 Å². The summed E-state index contributed by atoms with van der Waals surface area (Å²) in [5.41, 5.74) is 5.98. The van der Waals surface area contributed by atoms with Crippen LogP contribution in [0.5, 0.6) is 0 Å². The Kier molecular flexibility index (Phi) is 4.50. The van der Waals surface area contributed by atoms with Crippen molar-refractivity contribution in [3.8, 4) is 0 Å². The number of nitrogens with two attached hydrogens (primary N) is 1. The third-order valence-electron chi connectivity index (χ3n) is 4.00. The first-order valence-electron chi connectivity index (χ1n) is 7.70. The molecule has 6 heteroatoms. The molecule has 2 saturated carbocycles. The maximum absolute atomic E-state index is 5.98. The van der Waals surface area contributed by atoms with E-state index in [1.54, 1.807) is 11.3 Å². The Balaban J connectivity index is 1.48. The molecule has 2 aliphatic carbocycles. The smallest absolute Gasteiger partial charge is 0.189 e. The van der Waals surface area contributed by atoms with Gasteiger partial charge >= 0.3 is 0 Å². The van der Waals surface area contributed by atoms with E-state index in [4.69, 9.17) is 5.73 Å². The van der Waals surface area contributed by atoms with E-state index in [1.165, 1.54) is 56.4 Å². The van der Waals surface area contributed by atoms with Gasteiger partial charge in [-0.05, 0) is 25.7 Å². The minimum absolute atomic E-state index is 0.498. The standard InChI is InChI=1S/C14H23N5S/c15-14(17-11-5-3-1-2-4-6-11)16-9-12-18-19-13(20-12)10-7-8-10/h10-11H,1-9H2,(H3,15,16,17). The Bertz CT molecular complexity index is 458. The molecule has 1 aromatic heterocycles. The van der Waals surface area contributed by atoms with E-state index < -0.39 is 0 Å². The molecular weight excluding hydrogens is 270 g/mol. The Hall–Kier alpha value is -1.17. The molecule has 0 atom stereocenters. The number of aromatic nitrogens is 2. The van der Waals surface area contributed by atoms with Crippen molar-refractivity contribution in [3.05, 3.63) is 10.0 Å². The van der Waals surface area contributed by atoms with Gasteiger partial charge in [0.2, 0.25) is 0 Å². The van der Waals surface area contributed by atoms with E-state index in [9.17, 15) is 0 Å². The first-order chi connectivity index (χ1) is 9.81. The Morgan fingerprint density at radius 1 is 1.15 bits per heavy atom. The molecule has 0 saturated heterocycles. The van der Waals surface area contributed by atoms with E-state index in [1.807, 2.05) is 0 Å². The molecule has 2 fully saturated rings. The lowest BCUT2D eigenvalue weighted by molar-refractivity contribution is 0.530. The normalized spacial score (nSPS) is 21.7. The number of nitrogens with one attached hydrogen (secondary N) is 1. The van der Waals surface area contributed by atoms with Crippen molar-refractivity contribution in [3.63, 3.8) is 0 Å². The molecule has 0 unspecified atom stereocenters. The Labute approximate surface area is 124 Å². The van der Waals surface area contributed by atoms with Crippen molar-refractivity contribution in [1.82, 2.24) is 15.5 Å². The fourth-order valence-electron chi connectivity index (χ4n) is 2.66. The summed E-state index contributed by atoms with van der Waals surface area (Å²) in [4.78, 5) is 4.40. The van der Waals surface area contributed by atoms with Crippen molar-refractivity contribution in [2.75, 3.05) is 0 Å². The number of aliphatic imine (C=N–C) groups is 1. The summed E-state index contributed by atoms with van der Waals surface area (Å²) < 4.78 is 0. The van der Waals surface area contributed by atoms with Crippen molar-refractivity contribution in [2.45, 2.75) is 69.9 Å². The molecular formula is C14H23N5S. The second-order valence-electron chi connectivity index (χ2n) is 5.84. The molecule has 0 radical (unpaired) electrons. The Morgan fingerprint density at radius 3 is 2.60 bits per heavy atom. The van der Waals surface area contributed by atoms with Crippen molar-refractivity contribution < 1.29 is 0 Å². The molecule has 0 bridgehead atoms. The van der Waals surface area contributed by atoms with Gasteiger partial charge in [-0.15, -0.1) is 10.2 Å². The molecule has 1 aromatic rings. The largest absolute Gasteiger partial charge is 0.370 e. The van der Waals surface area contributed by atoms with E-state index in [0.29, 0.717) is 24.5 Å². The molecule has 1 heterocycles. The SMILES string of the molecule is NC(=NCc1nnc(C2CC2)s1)NC1CCCCCC1. The molecule has 0 aromatic carbocycles. The molecule has 0 aliphatic heterocycles. The third-order valence-corrected chi connectivity index (χ3v) is 5.07. The lowest BCUT2D eigenvalue weighted by atomic mass is 10.1. The molecule has 0 spiro atoms. The highest BCUT2D eigenvalue weighted by Crippen LogP contribution is 2.41. The monoisotopic (exact) mass is 293 g/mol. The van der Waals surface area contributed by atoms with Gasteiger partial charge < -0.3 is 11.1 Å². The van der Waals surface area contributed by atoms with Gasteiger partial charge in [-0.3, -0.25) is 0 Å². The average Bonchev–Trinajstić information content (AvgIpc) is 3.23. The van der Waals surface area contributed by atoms with Gasteiger partial charge in [0.1, 0.15) is 10.0 Å². The van der Waals surface area contributed by atoms with Crippen molar-refractivity contribution >= 4 is 17.3 Å². The van der Waals surface area contributed by atoms with Gasteiger partial charge in [0.25, 0.3) is 0 Å². The minimum atomic E-state index is 0.498. The van der Waals surface area contributed by atoms with Gasteiger partial charge in [0, 0.05) is 12.0 Å². The number of hydrogen-bond acceptors (Lipinski definition) is 4. The lowest BCUT2D eigenvalue weighted by Gasteiger charge is -2.16. The molecule has 3 N–H and O–H groups in total. The first kappa shape index (κ1) is 13.8. The highest BCUT2D eigenvalue weighted by atomic mass is 32.1. The van der Waals surface area contributed by atoms with Crippen LogP contribution in [0.25, 0.3) is 0 Å². The van der Waals surface area contributed by atoms with Crippen LogP contribution in [0.4, 0.5) is 0 Å². The topological polar surface area (TPSA) is 76.2 Å². The van der Waals surface area contributed by atoms with E-state index in [2.05, 4.69) is 20.5 Å². The van der Waals surface area contributed by atoms with Crippen LogP contribution < -0.4 is 11.1 Å². The van der Waals surface area contributed by atoms with Crippen LogP contribution in [-0.2, 0) is 6.54 Å². The molecule has 2 aliphatic rings. The third kappa shape index (κ3) is 3.91. The summed E-state index contributed by atoms with van der Waals surface area (Å²) in [7, 11) is 0. The van der Waals surface area contributed by atoms with Crippen LogP contribution in [0.2, 0.25) is 0 Å². The second kappa shape index (κ2) is 6.52. The quantitative estimate of drug-likeness (QED) is 0.508. The van der Waals surface area contributed by atoms with E-state index in [-0.39, 0.29) is 0 Å². The van der Waals surface area contributed by atoms with Crippen molar-refractivity contribution in [2.24, 2.45) is 10.7 Å². The zero-order valence-corrected chi connectivity index (χ0v) is 12.7. The molecule has 110 valence electrons. The van der Waals surface area contributed by atoms with Crippen LogP contribution in [0.3, 0.4) is 0 Å². The van der Waals surface area contributed by atoms with Gasteiger partial charge in [0.15, 0.2) is 5.96 Å². The van der Waals surface area contributed by atoms with Crippen LogP contribution >= 0.6 is 11.3 Å². The number of guanidine groups is 1. The van der Waals surface area contributed by atoms with Crippen molar-refractivity contribution in [1.29, 1.82) is 0 Å². The van der Waals surface area contributed by atoms with Gasteiger partial charge in [-0.1, -0.05) is 37.0 Å². The lowest BCUT2D eigenvalue weighted by Crippen LogP contribution is -2.39. The highest BCUT2D eigenvalue weighted by Gasteiger charge is 2.27. The van der Waals surface area contributed by atoms with Gasteiger partial charge in [-0.25, -0.2) is 4.99 Å². The maximum Gasteiger partial charge on any atom is 0.189 e. The summed E-state index contributed by atoms with van der Waals surface area (Å²) in [6, 6.07) is 0.498. The van der Waals surface area contributed by atoms with E-state index >= 15 is 0 Å². The van der Waals surface area contributed by atoms with E-state index in [0.717, 1.165) is 5.01 Å². The molecule has 5 nitrogen and oxygen atoms in total. The first-order valence-corrected chi connectivity index (χ1v) is 8.51. The summed E-state index contributed by atoms with van der Waals surface area (Å²) in [6.07, 6.45) is 10.3.